The zero-order valence-electron chi connectivity index (χ0n) is 16.4. The summed E-state index contributed by atoms with van der Waals surface area (Å²) in [5.74, 6) is 0.377. The molecule has 1 aromatic carbocycles. The molecule has 0 radical (unpaired) electrons. The number of benzene rings is 1. The van der Waals surface area contributed by atoms with Crippen molar-refractivity contribution in [3.63, 3.8) is 0 Å². The minimum Gasteiger partial charge on any atom is -0.361 e. The Balaban J connectivity index is 2.15. The number of anilines is 1. The maximum atomic E-state index is 13.3. The molecule has 0 aliphatic carbocycles. The number of aromatic nitrogens is 1. The van der Waals surface area contributed by atoms with Crippen molar-refractivity contribution in [1.82, 2.24) is 4.98 Å². The maximum Gasteiger partial charge on any atom is 0.226 e. The summed E-state index contributed by atoms with van der Waals surface area (Å²) >= 11 is 0.987. The van der Waals surface area contributed by atoms with Gasteiger partial charge in [-0.05, 0) is 44.2 Å². The summed E-state index contributed by atoms with van der Waals surface area (Å²) < 4.78 is 51.7. The molecular formula is C19H26N2O4S3. The van der Waals surface area contributed by atoms with Crippen LogP contribution in [0.15, 0.2) is 38.5 Å². The molecule has 1 aliphatic heterocycles. The van der Waals surface area contributed by atoms with E-state index in [1.165, 1.54) is 0 Å². The average molecular weight is 443 g/mol. The van der Waals surface area contributed by atoms with Crippen molar-refractivity contribution in [2.75, 3.05) is 23.7 Å². The number of thiazole rings is 1. The summed E-state index contributed by atoms with van der Waals surface area (Å²) in [6.07, 6.45) is 2.48. The van der Waals surface area contributed by atoms with Gasteiger partial charge in [0.1, 0.15) is 5.00 Å². The van der Waals surface area contributed by atoms with Gasteiger partial charge in [0.15, 0.2) is 5.03 Å². The number of piperidine rings is 1. The first-order valence-corrected chi connectivity index (χ1v) is 13.4. The van der Waals surface area contributed by atoms with Crippen molar-refractivity contribution in [2.45, 2.75) is 54.3 Å². The van der Waals surface area contributed by atoms with Gasteiger partial charge in [-0.1, -0.05) is 42.9 Å². The largest absolute Gasteiger partial charge is 0.361 e. The molecule has 0 saturated carbocycles. The predicted octanol–water partition coefficient (Wildman–Crippen LogP) is 3.70. The highest BCUT2D eigenvalue weighted by atomic mass is 32.2. The van der Waals surface area contributed by atoms with Crippen molar-refractivity contribution < 1.29 is 16.8 Å². The lowest BCUT2D eigenvalue weighted by Crippen LogP contribution is -2.34. The van der Waals surface area contributed by atoms with E-state index in [-0.39, 0.29) is 20.0 Å². The highest BCUT2D eigenvalue weighted by molar-refractivity contribution is 7.94. The van der Waals surface area contributed by atoms with E-state index in [2.05, 4.69) is 11.9 Å². The normalized spacial score (nSPS) is 18.4. The third kappa shape index (κ3) is 4.26. The highest BCUT2D eigenvalue weighted by Gasteiger charge is 2.33. The molecule has 3 rings (SSSR count). The molecule has 1 fully saturated rings. The molecule has 2 heterocycles. The number of hydrogen-bond donors (Lipinski definition) is 0. The third-order valence-electron chi connectivity index (χ3n) is 4.83. The number of sulfone groups is 2. The molecule has 1 aromatic heterocycles. The van der Waals surface area contributed by atoms with E-state index in [1.54, 1.807) is 31.2 Å². The fraction of sp³-hybridized carbons (Fsp3) is 0.526. The second-order valence-electron chi connectivity index (χ2n) is 7.42. The van der Waals surface area contributed by atoms with Crippen LogP contribution in [0.25, 0.3) is 0 Å². The van der Waals surface area contributed by atoms with Gasteiger partial charge >= 0.3 is 0 Å². The van der Waals surface area contributed by atoms with E-state index >= 15 is 0 Å². The van der Waals surface area contributed by atoms with Gasteiger partial charge in [-0.25, -0.2) is 21.8 Å². The Kier molecular flexibility index (Phi) is 6.17. The fourth-order valence-electron chi connectivity index (χ4n) is 3.35. The van der Waals surface area contributed by atoms with Gasteiger partial charge in [0, 0.05) is 13.1 Å². The Morgan fingerprint density at radius 3 is 2.46 bits per heavy atom. The van der Waals surface area contributed by atoms with E-state index in [1.807, 2.05) is 11.8 Å². The first kappa shape index (κ1) is 21.3. The predicted molar refractivity (Wildman–Crippen MR) is 112 cm³/mol. The molecular weight excluding hydrogens is 416 g/mol. The van der Waals surface area contributed by atoms with Crippen molar-refractivity contribution in [1.29, 1.82) is 0 Å². The van der Waals surface area contributed by atoms with Crippen molar-refractivity contribution in [3.05, 3.63) is 29.8 Å². The van der Waals surface area contributed by atoms with Crippen LogP contribution in [0, 0.1) is 12.8 Å². The van der Waals surface area contributed by atoms with Crippen LogP contribution in [0.5, 0.6) is 0 Å². The smallest absolute Gasteiger partial charge is 0.226 e. The monoisotopic (exact) mass is 442 g/mol. The van der Waals surface area contributed by atoms with Gasteiger partial charge in [-0.3, -0.25) is 0 Å². The lowest BCUT2D eigenvalue weighted by molar-refractivity contribution is 0.446. The van der Waals surface area contributed by atoms with Crippen LogP contribution in [0.4, 0.5) is 5.00 Å². The molecule has 0 amide bonds. The Labute approximate surface area is 171 Å². The molecule has 28 heavy (non-hydrogen) atoms. The Hall–Kier alpha value is -1.45. The molecule has 154 valence electrons. The standard InChI is InChI=1S/C19H26N2O4S3/c1-4-12-27(22,23)19-20-17(18(26-19)21-11-5-6-15(3)13-21)28(24,25)16-9-7-14(2)8-10-16/h7-10,15H,4-6,11-13H2,1-3H3/t15-/m0/s1. The van der Waals surface area contributed by atoms with Crippen LogP contribution >= 0.6 is 11.3 Å². The van der Waals surface area contributed by atoms with Crippen LogP contribution < -0.4 is 4.90 Å². The molecule has 0 unspecified atom stereocenters. The molecule has 6 nitrogen and oxygen atoms in total. The zero-order valence-corrected chi connectivity index (χ0v) is 18.8. The Morgan fingerprint density at radius 1 is 1.18 bits per heavy atom. The van der Waals surface area contributed by atoms with Gasteiger partial charge in [0.05, 0.1) is 10.6 Å². The molecule has 0 bridgehead atoms. The molecule has 1 atom stereocenters. The van der Waals surface area contributed by atoms with Crippen LogP contribution in [0.1, 0.15) is 38.7 Å². The summed E-state index contributed by atoms with van der Waals surface area (Å²) in [6, 6.07) is 6.56. The number of hydrogen-bond acceptors (Lipinski definition) is 7. The fourth-order valence-corrected chi connectivity index (χ4v) is 7.87. The van der Waals surface area contributed by atoms with Gasteiger partial charge in [0.2, 0.25) is 24.0 Å². The minimum absolute atomic E-state index is 0.0413. The molecule has 2 aromatic rings. The Morgan fingerprint density at radius 2 is 1.86 bits per heavy atom. The summed E-state index contributed by atoms with van der Waals surface area (Å²) in [4.78, 5) is 6.29. The topological polar surface area (TPSA) is 84.4 Å². The van der Waals surface area contributed by atoms with Crippen LogP contribution in [0.3, 0.4) is 0 Å². The quantitative estimate of drug-likeness (QED) is 0.678. The van der Waals surface area contributed by atoms with E-state index in [0.29, 0.717) is 30.4 Å². The van der Waals surface area contributed by atoms with E-state index in [9.17, 15) is 16.8 Å². The van der Waals surface area contributed by atoms with Gasteiger partial charge in [-0.15, -0.1) is 0 Å². The first-order valence-electron chi connectivity index (χ1n) is 9.45. The molecule has 1 saturated heterocycles. The molecule has 0 N–H and O–H groups in total. The van der Waals surface area contributed by atoms with Gasteiger partial charge in [0.25, 0.3) is 0 Å². The lowest BCUT2D eigenvalue weighted by Gasteiger charge is -2.31. The lowest BCUT2D eigenvalue weighted by atomic mass is 10.0. The molecule has 9 heteroatoms. The van der Waals surface area contributed by atoms with Gasteiger partial charge in [-0.2, -0.15) is 0 Å². The van der Waals surface area contributed by atoms with Crippen LogP contribution in [-0.4, -0.2) is 40.7 Å². The molecule has 1 aliphatic rings. The van der Waals surface area contributed by atoms with E-state index in [0.717, 1.165) is 29.7 Å². The minimum atomic E-state index is -3.91. The van der Waals surface area contributed by atoms with E-state index in [4.69, 9.17) is 0 Å². The second kappa shape index (κ2) is 8.12. The first-order chi connectivity index (χ1) is 13.1. The van der Waals surface area contributed by atoms with Crippen molar-refractivity contribution in [3.8, 4) is 0 Å². The number of aryl methyl sites for hydroxylation is 1. The van der Waals surface area contributed by atoms with Crippen molar-refractivity contribution >= 4 is 36.0 Å². The van der Waals surface area contributed by atoms with Crippen molar-refractivity contribution in [2.24, 2.45) is 5.92 Å². The van der Waals surface area contributed by atoms with Crippen LogP contribution in [0.2, 0.25) is 0 Å². The maximum absolute atomic E-state index is 13.3. The zero-order chi connectivity index (χ0) is 20.5. The number of rotatable bonds is 6. The van der Waals surface area contributed by atoms with Gasteiger partial charge < -0.3 is 4.90 Å². The average Bonchev–Trinajstić information content (AvgIpc) is 3.09. The summed E-state index contributed by atoms with van der Waals surface area (Å²) in [5.41, 5.74) is 0.952. The SMILES string of the molecule is CCCS(=O)(=O)c1nc(S(=O)(=O)c2ccc(C)cc2)c(N2CCC[C@H](C)C2)s1. The van der Waals surface area contributed by atoms with Crippen LogP contribution in [-0.2, 0) is 19.7 Å². The van der Waals surface area contributed by atoms with E-state index < -0.39 is 19.7 Å². The summed E-state index contributed by atoms with van der Waals surface area (Å²) in [6.45, 7) is 7.19. The second-order valence-corrected chi connectivity index (χ2v) is 12.5. The summed E-state index contributed by atoms with van der Waals surface area (Å²) in [7, 11) is -7.51. The Bertz CT molecular complexity index is 1040. The highest BCUT2D eigenvalue weighted by Crippen LogP contribution is 2.39. The summed E-state index contributed by atoms with van der Waals surface area (Å²) in [5, 5.41) is 0.312. The number of nitrogens with zero attached hydrogens (tertiary/aromatic N) is 2. The molecule has 0 spiro atoms. The third-order valence-corrected chi connectivity index (χ3v) is 10.1.